The monoisotopic (exact) mass is 264 g/mol. The number of ether oxygens (including phenoxy) is 2. The molecule has 0 aliphatic heterocycles. The first kappa shape index (κ1) is 15.5. The van der Waals surface area contributed by atoms with Crippen LogP contribution in [0.5, 0.6) is 5.75 Å². The van der Waals surface area contributed by atoms with E-state index in [-0.39, 0.29) is 11.9 Å². The van der Waals surface area contributed by atoms with Crippen LogP contribution in [0, 0.1) is 0 Å². The smallest absolute Gasteiger partial charge is 0.306 e. The van der Waals surface area contributed by atoms with Gasteiger partial charge in [-0.05, 0) is 36.5 Å². The summed E-state index contributed by atoms with van der Waals surface area (Å²) >= 11 is 0. The summed E-state index contributed by atoms with van der Waals surface area (Å²) in [5.41, 5.74) is 1.16. The van der Waals surface area contributed by atoms with Crippen molar-refractivity contribution in [2.24, 2.45) is 0 Å². The van der Waals surface area contributed by atoms with Crippen LogP contribution in [-0.4, -0.2) is 19.7 Å². The van der Waals surface area contributed by atoms with Crippen LogP contribution in [-0.2, 0) is 9.53 Å². The van der Waals surface area contributed by atoms with Crippen LogP contribution < -0.4 is 4.74 Å². The Balaban J connectivity index is 2.54. The molecule has 0 N–H and O–H groups in total. The maximum Gasteiger partial charge on any atom is 0.306 e. The predicted molar refractivity (Wildman–Crippen MR) is 76.5 cm³/mol. The highest BCUT2D eigenvalue weighted by atomic mass is 16.5. The zero-order chi connectivity index (χ0) is 14.1. The minimum absolute atomic E-state index is 0.101. The number of esters is 1. The SMILES string of the molecule is CCCCOC(=O)C[C@@H](CC)c1ccc(OC)cc1. The molecule has 0 bridgehead atoms. The number of carbonyl (C=O) groups is 1. The van der Waals surface area contributed by atoms with E-state index in [1.165, 1.54) is 0 Å². The van der Waals surface area contributed by atoms with Crippen LogP contribution in [0.25, 0.3) is 0 Å². The van der Waals surface area contributed by atoms with E-state index in [0.717, 1.165) is 30.6 Å². The molecular formula is C16H24O3. The number of rotatable bonds is 8. The molecule has 0 unspecified atom stereocenters. The van der Waals surface area contributed by atoms with Crippen LogP contribution in [0.15, 0.2) is 24.3 Å². The quantitative estimate of drug-likeness (QED) is 0.527. The van der Waals surface area contributed by atoms with E-state index in [1.807, 2.05) is 24.3 Å². The Labute approximate surface area is 115 Å². The van der Waals surface area contributed by atoms with Crippen LogP contribution in [0.4, 0.5) is 0 Å². The minimum atomic E-state index is -0.101. The van der Waals surface area contributed by atoms with Crippen LogP contribution in [0.1, 0.15) is 51.0 Å². The van der Waals surface area contributed by atoms with Gasteiger partial charge in [-0.2, -0.15) is 0 Å². The van der Waals surface area contributed by atoms with Gasteiger partial charge in [0.05, 0.1) is 20.1 Å². The summed E-state index contributed by atoms with van der Waals surface area (Å²) in [6.45, 7) is 4.71. The summed E-state index contributed by atoms with van der Waals surface area (Å²) in [7, 11) is 1.65. The lowest BCUT2D eigenvalue weighted by Gasteiger charge is -2.15. The van der Waals surface area contributed by atoms with Crippen molar-refractivity contribution in [3.63, 3.8) is 0 Å². The highest BCUT2D eigenvalue weighted by Gasteiger charge is 2.15. The molecule has 0 spiro atoms. The fourth-order valence-corrected chi connectivity index (χ4v) is 1.96. The molecule has 0 aliphatic carbocycles. The molecule has 0 amide bonds. The summed E-state index contributed by atoms with van der Waals surface area (Å²) in [5.74, 6) is 0.959. The number of hydrogen-bond acceptors (Lipinski definition) is 3. The van der Waals surface area contributed by atoms with E-state index in [2.05, 4.69) is 13.8 Å². The molecule has 0 radical (unpaired) electrons. The fourth-order valence-electron chi connectivity index (χ4n) is 1.96. The topological polar surface area (TPSA) is 35.5 Å². The Kier molecular flexibility index (Phi) is 7.01. The van der Waals surface area contributed by atoms with Gasteiger partial charge in [-0.15, -0.1) is 0 Å². The summed E-state index contributed by atoms with van der Waals surface area (Å²) < 4.78 is 10.4. The summed E-state index contributed by atoms with van der Waals surface area (Å²) in [6.07, 6.45) is 3.36. The lowest BCUT2D eigenvalue weighted by molar-refractivity contribution is -0.144. The third-order valence-corrected chi connectivity index (χ3v) is 3.25. The largest absolute Gasteiger partial charge is 0.497 e. The zero-order valence-electron chi connectivity index (χ0n) is 12.1. The molecule has 1 atom stereocenters. The van der Waals surface area contributed by atoms with E-state index in [1.54, 1.807) is 7.11 Å². The number of methoxy groups -OCH3 is 1. The predicted octanol–water partition coefficient (Wildman–Crippen LogP) is 3.92. The van der Waals surface area contributed by atoms with Gasteiger partial charge in [-0.3, -0.25) is 4.79 Å². The second-order valence-electron chi connectivity index (χ2n) is 4.66. The van der Waals surface area contributed by atoms with Crippen molar-refractivity contribution in [2.75, 3.05) is 13.7 Å². The van der Waals surface area contributed by atoms with Crippen LogP contribution in [0.2, 0.25) is 0 Å². The van der Waals surface area contributed by atoms with Gasteiger partial charge in [0.2, 0.25) is 0 Å². The second-order valence-corrected chi connectivity index (χ2v) is 4.66. The molecule has 0 saturated carbocycles. The minimum Gasteiger partial charge on any atom is -0.497 e. The van der Waals surface area contributed by atoms with Crippen molar-refractivity contribution < 1.29 is 14.3 Å². The van der Waals surface area contributed by atoms with Gasteiger partial charge in [0.25, 0.3) is 0 Å². The van der Waals surface area contributed by atoms with Crippen molar-refractivity contribution in [1.82, 2.24) is 0 Å². The van der Waals surface area contributed by atoms with Crippen molar-refractivity contribution in [2.45, 2.75) is 45.4 Å². The number of benzene rings is 1. The number of unbranched alkanes of at least 4 members (excludes halogenated alkanes) is 1. The van der Waals surface area contributed by atoms with Crippen molar-refractivity contribution >= 4 is 5.97 Å². The molecular weight excluding hydrogens is 240 g/mol. The van der Waals surface area contributed by atoms with Gasteiger partial charge in [0.15, 0.2) is 0 Å². The third-order valence-electron chi connectivity index (χ3n) is 3.25. The van der Waals surface area contributed by atoms with Crippen LogP contribution >= 0.6 is 0 Å². The van der Waals surface area contributed by atoms with Gasteiger partial charge in [0, 0.05) is 0 Å². The van der Waals surface area contributed by atoms with Gasteiger partial charge in [-0.25, -0.2) is 0 Å². The molecule has 3 heteroatoms. The summed E-state index contributed by atoms with van der Waals surface area (Å²) in [6, 6.07) is 7.90. The molecule has 1 aromatic rings. The van der Waals surface area contributed by atoms with Crippen LogP contribution in [0.3, 0.4) is 0 Å². The molecule has 3 nitrogen and oxygen atoms in total. The lowest BCUT2D eigenvalue weighted by atomic mass is 9.93. The Bertz CT molecular complexity index is 370. The maximum absolute atomic E-state index is 11.7. The van der Waals surface area contributed by atoms with E-state index in [4.69, 9.17) is 9.47 Å². The van der Waals surface area contributed by atoms with Gasteiger partial charge in [0.1, 0.15) is 5.75 Å². The first-order chi connectivity index (χ1) is 9.21. The molecule has 1 aromatic carbocycles. The Morgan fingerprint density at radius 3 is 2.42 bits per heavy atom. The molecule has 106 valence electrons. The molecule has 0 saturated heterocycles. The van der Waals surface area contributed by atoms with E-state index in [9.17, 15) is 4.79 Å². The average Bonchev–Trinajstić information content (AvgIpc) is 2.45. The van der Waals surface area contributed by atoms with Gasteiger partial charge >= 0.3 is 5.97 Å². The number of carbonyl (C=O) groups excluding carboxylic acids is 1. The Morgan fingerprint density at radius 2 is 1.89 bits per heavy atom. The number of hydrogen-bond donors (Lipinski definition) is 0. The lowest BCUT2D eigenvalue weighted by Crippen LogP contribution is -2.11. The van der Waals surface area contributed by atoms with Gasteiger partial charge < -0.3 is 9.47 Å². The third kappa shape index (κ3) is 5.33. The average molecular weight is 264 g/mol. The molecule has 0 fully saturated rings. The van der Waals surface area contributed by atoms with Gasteiger partial charge in [-0.1, -0.05) is 32.4 Å². The first-order valence-corrected chi connectivity index (χ1v) is 7.00. The second kappa shape index (κ2) is 8.57. The normalized spacial score (nSPS) is 11.9. The highest BCUT2D eigenvalue weighted by Crippen LogP contribution is 2.25. The Hall–Kier alpha value is -1.51. The molecule has 0 aliphatic rings. The van der Waals surface area contributed by atoms with E-state index < -0.39 is 0 Å². The van der Waals surface area contributed by atoms with Crippen molar-refractivity contribution in [3.05, 3.63) is 29.8 Å². The van der Waals surface area contributed by atoms with Crippen molar-refractivity contribution in [3.8, 4) is 5.75 Å². The van der Waals surface area contributed by atoms with E-state index >= 15 is 0 Å². The zero-order valence-corrected chi connectivity index (χ0v) is 12.1. The maximum atomic E-state index is 11.7. The summed E-state index contributed by atoms with van der Waals surface area (Å²) in [5, 5.41) is 0. The standard InChI is InChI=1S/C16H24O3/c1-4-6-11-19-16(17)12-13(5-2)14-7-9-15(18-3)10-8-14/h7-10,13H,4-6,11-12H2,1-3H3/t13-/m1/s1. The van der Waals surface area contributed by atoms with E-state index in [0.29, 0.717) is 13.0 Å². The first-order valence-electron chi connectivity index (χ1n) is 7.00. The fraction of sp³-hybridized carbons (Fsp3) is 0.562. The molecule has 19 heavy (non-hydrogen) atoms. The highest BCUT2D eigenvalue weighted by molar-refractivity contribution is 5.70. The summed E-state index contributed by atoms with van der Waals surface area (Å²) in [4.78, 5) is 11.7. The molecule has 1 rings (SSSR count). The molecule has 0 aromatic heterocycles. The Morgan fingerprint density at radius 1 is 1.21 bits per heavy atom. The molecule has 0 heterocycles. The van der Waals surface area contributed by atoms with Crippen molar-refractivity contribution in [1.29, 1.82) is 0 Å².